The van der Waals surface area contributed by atoms with Crippen molar-refractivity contribution in [1.82, 2.24) is 0 Å². The van der Waals surface area contributed by atoms with Crippen molar-refractivity contribution in [2.24, 2.45) is 0 Å². The van der Waals surface area contributed by atoms with Crippen LogP contribution in [0.4, 0.5) is 0 Å². The van der Waals surface area contributed by atoms with E-state index in [-0.39, 0.29) is 13.2 Å². The number of aliphatic hydroxyl groups excluding tert-OH is 2. The number of para-hydroxylation sites is 1. The maximum Gasteiger partial charge on any atom is 0.127 e. The highest BCUT2D eigenvalue weighted by atomic mass is 16.5. The van der Waals surface area contributed by atoms with E-state index in [1.165, 1.54) is 0 Å². The van der Waals surface area contributed by atoms with Crippen molar-refractivity contribution < 1.29 is 14.9 Å². The van der Waals surface area contributed by atoms with E-state index in [9.17, 15) is 0 Å². The normalized spacial score (nSPS) is 10.1. The quantitative estimate of drug-likeness (QED) is 0.721. The molecule has 0 heterocycles. The Bertz CT molecular complexity index is 271. The van der Waals surface area contributed by atoms with Crippen molar-refractivity contribution in [1.29, 1.82) is 0 Å². The summed E-state index contributed by atoms with van der Waals surface area (Å²) < 4.78 is 5.15. The number of aliphatic hydroxyl groups is 2. The zero-order chi connectivity index (χ0) is 9.68. The van der Waals surface area contributed by atoms with Gasteiger partial charge in [-0.15, -0.1) is 0 Å². The molecular formula is C10H14O3. The van der Waals surface area contributed by atoms with Crippen LogP contribution in [0.5, 0.6) is 5.75 Å². The lowest BCUT2D eigenvalue weighted by molar-refractivity contribution is 0.271. The Morgan fingerprint density at radius 1 is 1.23 bits per heavy atom. The Kier molecular flexibility index (Phi) is 3.73. The monoisotopic (exact) mass is 182 g/mol. The summed E-state index contributed by atoms with van der Waals surface area (Å²) in [5.74, 6) is 0.680. The minimum atomic E-state index is -0.0392. The summed E-state index contributed by atoms with van der Waals surface area (Å²) in [6, 6.07) is 5.53. The molecule has 0 atom stereocenters. The van der Waals surface area contributed by atoms with Crippen molar-refractivity contribution in [3.05, 3.63) is 29.3 Å². The summed E-state index contributed by atoms with van der Waals surface area (Å²) >= 11 is 0. The minimum Gasteiger partial charge on any atom is -0.496 e. The summed E-state index contributed by atoms with van der Waals surface area (Å²) in [6.07, 6.45) is 0.553. The first kappa shape index (κ1) is 10.0. The number of hydrogen-bond acceptors (Lipinski definition) is 3. The minimum absolute atomic E-state index is 0.0392. The molecule has 13 heavy (non-hydrogen) atoms. The Hall–Kier alpha value is -1.06. The van der Waals surface area contributed by atoms with Gasteiger partial charge in [0.25, 0.3) is 0 Å². The molecular weight excluding hydrogens is 168 g/mol. The highest BCUT2D eigenvalue weighted by Crippen LogP contribution is 2.23. The second-order valence-corrected chi connectivity index (χ2v) is 2.74. The molecule has 2 N–H and O–H groups in total. The largest absolute Gasteiger partial charge is 0.496 e. The molecule has 0 saturated carbocycles. The first-order valence-corrected chi connectivity index (χ1v) is 4.20. The molecule has 0 spiro atoms. The van der Waals surface area contributed by atoms with Gasteiger partial charge in [-0.3, -0.25) is 0 Å². The van der Waals surface area contributed by atoms with E-state index in [1.54, 1.807) is 13.2 Å². The van der Waals surface area contributed by atoms with Crippen LogP contribution in [-0.4, -0.2) is 23.9 Å². The molecule has 0 unspecified atom stereocenters. The first-order chi connectivity index (χ1) is 6.33. The standard InChI is InChI=1S/C10H14O3/c1-13-10-8(5-6-11)3-2-4-9(10)7-12/h2-4,11-12H,5-7H2,1H3. The second kappa shape index (κ2) is 4.84. The van der Waals surface area contributed by atoms with Crippen LogP contribution in [-0.2, 0) is 13.0 Å². The molecule has 0 amide bonds. The van der Waals surface area contributed by atoms with Crippen LogP contribution in [0, 0.1) is 0 Å². The average molecular weight is 182 g/mol. The molecule has 0 aromatic heterocycles. The fraction of sp³-hybridized carbons (Fsp3) is 0.400. The average Bonchev–Trinajstić information content (AvgIpc) is 2.18. The van der Waals surface area contributed by atoms with Crippen LogP contribution in [0.15, 0.2) is 18.2 Å². The van der Waals surface area contributed by atoms with Gasteiger partial charge in [0, 0.05) is 12.2 Å². The van der Waals surface area contributed by atoms with Gasteiger partial charge in [0.1, 0.15) is 5.75 Å². The molecule has 3 heteroatoms. The number of ether oxygens (including phenoxy) is 1. The third kappa shape index (κ3) is 2.20. The molecule has 1 rings (SSSR count). The molecule has 0 saturated heterocycles. The van der Waals surface area contributed by atoms with E-state index in [1.807, 2.05) is 12.1 Å². The second-order valence-electron chi connectivity index (χ2n) is 2.74. The van der Waals surface area contributed by atoms with Gasteiger partial charge >= 0.3 is 0 Å². The van der Waals surface area contributed by atoms with E-state index in [0.717, 1.165) is 11.1 Å². The zero-order valence-corrected chi connectivity index (χ0v) is 7.66. The Morgan fingerprint density at radius 2 is 1.92 bits per heavy atom. The summed E-state index contributed by atoms with van der Waals surface area (Å²) in [5.41, 5.74) is 1.69. The summed E-state index contributed by atoms with van der Waals surface area (Å²) in [7, 11) is 1.56. The predicted molar refractivity (Wildman–Crippen MR) is 49.7 cm³/mol. The number of hydrogen-bond donors (Lipinski definition) is 2. The van der Waals surface area contributed by atoms with Gasteiger partial charge in [0.05, 0.1) is 13.7 Å². The molecule has 1 aromatic carbocycles. The van der Waals surface area contributed by atoms with Gasteiger partial charge in [-0.25, -0.2) is 0 Å². The molecule has 0 aliphatic heterocycles. The molecule has 0 radical (unpaired) electrons. The van der Waals surface area contributed by atoms with Gasteiger partial charge in [-0.05, 0) is 12.0 Å². The lowest BCUT2D eigenvalue weighted by Crippen LogP contribution is -1.99. The van der Waals surface area contributed by atoms with Gasteiger partial charge < -0.3 is 14.9 Å². The molecule has 0 aliphatic rings. The van der Waals surface area contributed by atoms with Crippen molar-refractivity contribution in [3.8, 4) is 5.75 Å². The molecule has 0 fully saturated rings. The van der Waals surface area contributed by atoms with Crippen molar-refractivity contribution in [3.63, 3.8) is 0 Å². The zero-order valence-electron chi connectivity index (χ0n) is 7.66. The fourth-order valence-corrected chi connectivity index (χ4v) is 1.34. The van der Waals surface area contributed by atoms with Gasteiger partial charge in [-0.1, -0.05) is 18.2 Å². The maximum atomic E-state index is 9.00. The van der Waals surface area contributed by atoms with E-state index >= 15 is 0 Å². The highest BCUT2D eigenvalue weighted by molar-refractivity contribution is 5.41. The molecule has 0 bridgehead atoms. The van der Waals surface area contributed by atoms with Crippen LogP contribution in [0.25, 0.3) is 0 Å². The van der Waals surface area contributed by atoms with Crippen LogP contribution >= 0.6 is 0 Å². The maximum absolute atomic E-state index is 9.00. The summed E-state index contributed by atoms with van der Waals surface area (Å²) in [6.45, 7) is 0.0493. The van der Waals surface area contributed by atoms with Crippen LogP contribution < -0.4 is 4.74 Å². The summed E-state index contributed by atoms with van der Waals surface area (Å²) in [5, 5.41) is 17.8. The van der Waals surface area contributed by atoms with Gasteiger partial charge in [0.2, 0.25) is 0 Å². The third-order valence-corrected chi connectivity index (χ3v) is 1.93. The highest BCUT2D eigenvalue weighted by Gasteiger charge is 2.06. The van der Waals surface area contributed by atoms with Crippen LogP contribution in [0.1, 0.15) is 11.1 Å². The summed E-state index contributed by atoms with van der Waals surface area (Å²) in [4.78, 5) is 0. The van der Waals surface area contributed by atoms with Crippen LogP contribution in [0.3, 0.4) is 0 Å². The van der Waals surface area contributed by atoms with Crippen molar-refractivity contribution in [2.75, 3.05) is 13.7 Å². The van der Waals surface area contributed by atoms with Gasteiger partial charge in [-0.2, -0.15) is 0 Å². The Morgan fingerprint density at radius 3 is 2.46 bits per heavy atom. The van der Waals surface area contributed by atoms with E-state index in [2.05, 4.69) is 0 Å². The van der Waals surface area contributed by atoms with Crippen molar-refractivity contribution >= 4 is 0 Å². The molecule has 3 nitrogen and oxygen atoms in total. The first-order valence-electron chi connectivity index (χ1n) is 4.20. The van der Waals surface area contributed by atoms with Gasteiger partial charge in [0.15, 0.2) is 0 Å². The topological polar surface area (TPSA) is 49.7 Å². The molecule has 72 valence electrons. The number of benzene rings is 1. The smallest absolute Gasteiger partial charge is 0.127 e. The fourth-order valence-electron chi connectivity index (χ4n) is 1.34. The lowest BCUT2D eigenvalue weighted by atomic mass is 10.1. The third-order valence-electron chi connectivity index (χ3n) is 1.93. The molecule has 1 aromatic rings. The Labute approximate surface area is 77.6 Å². The lowest BCUT2D eigenvalue weighted by Gasteiger charge is -2.10. The molecule has 0 aliphatic carbocycles. The van der Waals surface area contributed by atoms with E-state index < -0.39 is 0 Å². The van der Waals surface area contributed by atoms with Crippen molar-refractivity contribution in [2.45, 2.75) is 13.0 Å². The number of rotatable bonds is 4. The Balaban J connectivity index is 3.03. The SMILES string of the molecule is COc1c(CO)cccc1CCO. The van der Waals surface area contributed by atoms with E-state index in [4.69, 9.17) is 14.9 Å². The van der Waals surface area contributed by atoms with E-state index in [0.29, 0.717) is 12.2 Å². The predicted octanol–water partition coefficient (Wildman–Crippen LogP) is 0.722. The number of methoxy groups -OCH3 is 1. The van der Waals surface area contributed by atoms with Crippen LogP contribution in [0.2, 0.25) is 0 Å².